The van der Waals surface area contributed by atoms with E-state index in [0.29, 0.717) is 0 Å². The summed E-state index contributed by atoms with van der Waals surface area (Å²) in [5, 5.41) is 2.67. The predicted octanol–water partition coefficient (Wildman–Crippen LogP) is 6.73. The Kier molecular flexibility index (Phi) is 4.68. The Hall–Kier alpha value is -2.71. The van der Waals surface area contributed by atoms with Crippen LogP contribution in [0.2, 0.25) is 19.6 Å². The minimum atomic E-state index is -1.60. The van der Waals surface area contributed by atoms with Crippen molar-refractivity contribution < 1.29 is 0 Å². The minimum absolute atomic E-state index is 1.07. The lowest BCUT2D eigenvalue weighted by Crippen LogP contribution is -2.39. The molecule has 0 unspecified atom stereocenters. The van der Waals surface area contributed by atoms with Crippen molar-refractivity contribution in [2.45, 2.75) is 33.5 Å². The smallest absolute Gasteiger partial charge is 0.0804 e. The molecule has 0 N–H and O–H groups in total. The monoisotopic (exact) mass is 381 g/mol. The molecule has 1 nitrogen and oxygen atoms in total. The van der Waals surface area contributed by atoms with E-state index in [1.54, 1.807) is 0 Å². The highest BCUT2D eigenvalue weighted by Crippen LogP contribution is 2.30. The second kappa shape index (κ2) is 7.03. The van der Waals surface area contributed by atoms with Crippen LogP contribution in [0.3, 0.4) is 0 Å². The predicted molar refractivity (Wildman–Crippen MR) is 125 cm³/mol. The third-order valence-corrected chi connectivity index (χ3v) is 7.24. The molecule has 0 atom stereocenters. The molecule has 0 aliphatic carbocycles. The summed E-state index contributed by atoms with van der Waals surface area (Å²) in [5.74, 6) is 0. The van der Waals surface area contributed by atoms with Gasteiger partial charge >= 0.3 is 0 Å². The van der Waals surface area contributed by atoms with Gasteiger partial charge in [0.2, 0.25) is 0 Å². The fraction of sp³-hybridized carbons (Fsp3) is 0.192. The van der Waals surface area contributed by atoms with Crippen molar-refractivity contribution in [3.63, 3.8) is 0 Å². The summed E-state index contributed by atoms with van der Waals surface area (Å²) in [4.78, 5) is 5.21. The first kappa shape index (κ1) is 18.6. The van der Waals surface area contributed by atoms with Crippen LogP contribution in [0.5, 0.6) is 0 Å². The first-order valence-corrected chi connectivity index (χ1v) is 13.4. The van der Waals surface area contributed by atoms with Crippen molar-refractivity contribution in [3.8, 4) is 22.4 Å². The maximum atomic E-state index is 5.21. The van der Waals surface area contributed by atoms with Gasteiger partial charge < -0.3 is 0 Å². The molecular weight excluding hydrogens is 354 g/mol. The zero-order valence-corrected chi connectivity index (χ0v) is 18.4. The van der Waals surface area contributed by atoms with Gasteiger partial charge in [-0.15, -0.1) is 0 Å². The summed E-state index contributed by atoms with van der Waals surface area (Å²) in [5.41, 5.74) is 8.55. The van der Waals surface area contributed by atoms with Gasteiger partial charge in [0.25, 0.3) is 0 Å². The second-order valence-electron chi connectivity index (χ2n) is 8.75. The minimum Gasteiger partial charge on any atom is -0.248 e. The van der Waals surface area contributed by atoms with Gasteiger partial charge in [-0.1, -0.05) is 85.4 Å². The van der Waals surface area contributed by atoms with Crippen molar-refractivity contribution in [3.05, 3.63) is 83.9 Å². The van der Waals surface area contributed by atoms with Crippen LogP contribution in [0, 0.1) is 13.8 Å². The van der Waals surface area contributed by atoms with Gasteiger partial charge in [-0.05, 0) is 48.4 Å². The average Bonchev–Trinajstić information content (AvgIpc) is 2.65. The zero-order chi connectivity index (χ0) is 19.9. The fourth-order valence-electron chi connectivity index (χ4n) is 3.97. The van der Waals surface area contributed by atoms with E-state index in [0.717, 1.165) is 11.2 Å². The van der Waals surface area contributed by atoms with Gasteiger partial charge in [0, 0.05) is 10.9 Å². The van der Waals surface area contributed by atoms with Crippen molar-refractivity contribution >= 4 is 24.2 Å². The average molecular weight is 382 g/mol. The molecule has 1 aromatic heterocycles. The van der Waals surface area contributed by atoms with E-state index in [4.69, 9.17) is 4.98 Å². The van der Waals surface area contributed by atoms with Crippen molar-refractivity contribution in [2.24, 2.45) is 0 Å². The Morgan fingerprint density at radius 3 is 2.00 bits per heavy atom. The number of nitrogens with zero attached hydrogens (tertiary/aromatic N) is 1. The summed E-state index contributed by atoms with van der Waals surface area (Å²) >= 11 is 0. The first-order valence-electron chi connectivity index (χ1n) is 9.91. The maximum absolute atomic E-state index is 5.21. The van der Waals surface area contributed by atoms with Crippen molar-refractivity contribution in [1.29, 1.82) is 0 Å². The van der Waals surface area contributed by atoms with Crippen molar-refractivity contribution in [2.75, 3.05) is 0 Å². The molecule has 0 bridgehead atoms. The molecule has 28 heavy (non-hydrogen) atoms. The van der Waals surface area contributed by atoms with Gasteiger partial charge in [-0.25, -0.2) is 4.98 Å². The quantitative estimate of drug-likeness (QED) is 0.358. The molecule has 0 aliphatic rings. The largest absolute Gasteiger partial charge is 0.248 e. The van der Waals surface area contributed by atoms with Crippen LogP contribution in [0.25, 0.3) is 33.3 Å². The number of fused-ring (bicyclic) bond motifs is 1. The summed E-state index contributed by atoms with van der Waals surface area (Å²) in [6.07, 6.45) is 0. The van der Waals surface area contributed by atoms with E-state index in [1.807, 2.05) is 0 Å². The van der Waals surface area contributed by atoms with Gasteiger partial charge in [-0.2, -0.15) is 0 Å². The van der Waals surface area contributed by atoms with Gasteiger partial charge in [0.15, 0.2) is 0 Å². The number of benzene rings is 3. The van der Waals surface area contributed by atoms with Crippen LogP contribution >= 0.6 is 0 Å². The van der Waals surface area contributed by atoms with Crippen LogP contribution in [-0.4, -0.2) is 13.1 Å². The van der Waals surface area contributed by atoms with E-state index in [-0.39, 0.29) is 0 Å². The summed E-state index contributed by atoms with van der Waals surface area (Å²) in [6.45, 7) is 11.6. The molecule has 2 heteroatoms. The number of rotatable bonds is 3. The van der Waals surface area contributed by atoms with Gasteiger partial charge in [0.1, 0.15) is 0 Å². The highest BCUT2D eigenvalue weighted by molar-refractivity contribution is 6.89. The third kappa shape index (κ3) is 3.52. The highest BCUT2D eigenvalue weighted by Gasteiger charge is 2.24. The Bertz CT molecular complexity index is 1130. The molecule has 3 aromatic carbocycles. The number of aromatic nitrogens is 1. The van der Waals surface area contributed by atoms with E-state index < -0.39 is 8.07 Å². The number of hydrogen-bond acceptors (Lipinski definition) is 1. The normalized spacial score (nSPS) is 11.8. The Labute approximate surface area is 169 Å². The SMILES string of the molecule is Cc1cc(C)cc(-c2nc3cccc(-c4ccccc4)c3cc2[Si](C)(C)C)c1. The number of hydrogen-bond donors (Lipinski definition) is 0. The van der Waals surface area contributed by atoms with E-state index in [9.17, 15) is 0 Å². The first-order chi connectivity index (χ1) is 13.3. The van der Waals surface area contributed by atoms with Gasteiger partial charge in [0.05, 0.1) is 19.3 Å². The van der Waals surface area contributed by atoms with Crippen LogP contribution in [0.15, 0.2) is 72.8 Å². The number of pyridine rings is 1. The molecule has 0 saturated heterocycles. The Morgan fingerprint density at radius 1 is 0.679 bits per heavy atom. The topological polar surface area (TPSA) is 12.9 Å². The lowest BCUT2D eigenvalue weighted by molar-refractivity contribution is 1.35. The molecular formula is C26H27NSi. The molecule has 4 aromatic rings. The third-order valence-electron chi connectivity index (χ3n) is 5.25. The summed E-state index contributed by atoms with van der Waals surface area (Å²) in [7, 11) is -1.60. The van der Waals surface area contributed by atoms with Crippen LogP contribution < -0.4 is 5.19 Å². The molecule has 0 radical (unpaired) electrons. The molecule has 1 heterocycles. The molecule has 0 spiro atoms. The lowest BCUT2D eigenvalue weighted by Gasteiger charge is -2.22. The summed E-state index contributed by atoms with van der Waals surface area (Å²) in [6, 6.07) is 26.3. The lowest BCUT2D eigenvalue weighted by atomic mass is 9.99. The summed E-state index contributed by atoms with van der Waals surface area (Å²) < 4.78 is 0. The maximum Gasteiger partial charge on any atom is 0.0804 e. The molecule has 0 amide bonds. The van der Waals surface area contributed by atoms with E-state index in [2.05, 4.69) is 106 Å². The number of aryl methyl sites for hydroxylation is 2. The highest BCUT2D eigenvalue weighted by atomic mass is 28.3. The Balaban J connectivity index is 2.04. The standard InChI is InChI=1S/C26H27NSi/c1-18-14-19(2)16-21(15-18)26-25(28(3,4)5)17-23-22(12-9-13-24(23)27-26)20-10-7-6-8-11-20/h6-17H,1-5H3. The van der Waals surface area contributed by atoms with Crippen LogP contribution in [-0.2, 0) is 0 Å². The van der Waals surface area contributed by atoms with Crippen LogP contribution in [0.4, 0.5) is 0 Å². The van der Waals surface area contributed by atoms with Gasteiger partial charge in [-0.3, -0.25) is 0 Å². The second-order valence-corrected chi connectivity index (χ2v) is 13.8. The van der Waals surface area contributed by atoms with E-state index in [1.165, 1.54) is 38.4 Å². The molecule has 0 fully saturated rings. The van der Waals surface area contributed by atoms with Crippen LogP contribution in [0.1, 0.15) is 11.1 Å². The van der Waals surface area contributed by atoms with E-state index >= 15 is 0 Å². The molecule has 140 valence electrons. The fourth-order valence-corrected chi connectivity index (χ4v) is 5.46. The van der Waals surface area contributed by atoms with Crippen molar-refractivity contribution in [1.82, 2.24) is 4.98 Å². The molecule has 4 rings (SSSR count). The zero-order valence-electron chi connectivity index (χ0n) is 17.4. The molecule has 0 aliphatic heterocycles. The molecule has 0 saturated carbocycles. The Morgan fingerprint density at radius 2 is 1.36 bits per heavy atom.